The highest BCUT2D eigenvalue weighted by Crippen LogP contribution is 2.28. The molecule has 4 nitrogen and oxygen atoms in total. The molecule has 1 heterocycles. The lowest BCUT2D eigenvalue weighted by molar-refractivity contribution is -0.137. The summed E-state index contributed by atoms with van der Waals surface area (Å²) in [5.41, 5.74) is 0.959. The van der Waals surface area contributed by atoms with Crippen LogP contribution in [0.3, 0.4) is 0 Å². The van der Waals surface area contributed by atoms with Crippen molar-refractivity contribution in [1.82, 2.24) is 9.97 Å². The fraction of sp³-hybridized carbons (Fsp3) is 0.125. The van der Waals surface area contributed by atoms with E-state index in [1.54, 1.807) is 12.4 Å². The lowest BCUT2D eigenvalue weighted by Crippen LogP contribution is -2.09. The number of carboxylic acid groups (broad SMARTS) is 1. The van der Waals surface area contributed by atoms with Gasteiger partial charge >= 0.3 is 5.97 Å². The third kappa shape index (κ3) is 2.40. The third-order valence-electron chi connectivity index (χ3n) is 3.40. The first-order chi connectivity index (χ1) is 9.74. The molecule has 0 spiro atoms. The minimum Gasteiger partial charge on any atom is -0.481 e. The van der Waals surface area contributed by atoms with Gasteiger partial charge in [-0.2, -0.15) is 0 Å². The smallest absolute Gasteiger partial charge is 0.304 e. The van der Waals surface area contributed by atoms with Crippen molar-refractivity contribution >= 4 is 16.7 Å². The predicted octanol–water partition coefficient (Wildman–Crippen LogP) is 3.17. The average Bonchev–Trinajstić information content (AvgIpc) is 2.98. The zero-order valence-corrected chi connectivity index (χ0v) is 10.8. The second-order valence-corrected chi connectivity index (χ2v) is 4.73. The Morgan fingerprint density at radius 3 is 2.70 bits per heavy atom. The van der Waals surface area contributed by atoms with E-state index in [-0.39, 0.29) is 12.3 Å². The molecular weight excluding hydrogens is 252 g/mol. The molecule has 1 aromatic heterocycles. The van der Waals surface area contributed by atoms with E-state index in [2.05, 4.69) is 9.97 Å². The number of fused-ring (bicyclic) bond motifs is 1. The highest BCUT2D eigenvalue weighted by atomic mass is 16.4. The summed E-state index contributed by atoms with van der Waals surface area (Å²) in [6.07, 6.45) is 3.38. The Kier molecular flexibility index (Phi) is 3.21. The molecule has 0 saturated heterocycles. The van der Waals surface area contributed by atoms with Crippen LogP contribution in [0.4, 0.5) is 0 Å². The SMILES string of the molecule is O=C(O)CC(c1ccc2ccccc2c1)c1ncc[nH]1. The zero-order valence-electron chi connectivity index (χ0n) is 10.8. The van der Waals surface area contributed by atoms with Gasteiger partial charge in [0.25, 0.3) is 0 Å². The summed E-state index contributed by atoms with van der Waals surface area (Å²) in [5.74, 6) is -0.408. The fourth-order valence-electron chi connectivity index (χ4n) is 2.44. The Balaban J connectivity index is 2.06. The number of aromatic nitrogens is 2. The van der Waals surface area contributed by atoms with Crippen molar-refractivity contribution in [1.29, 1.82) is 0 Å². The van der Waals surface area contributed by atoms with Crippen LogP contribution >= 0.6 is 0 Å². The summed E-state index contributed by atoms with van der Waals surface area (Å²) in [7, 11) is 0. The van der Waals surface area contributed by atoms with Crippen molar-refractivity contribution < 1.29 is 9.90 Å². The van der Waals surface area contributed by atoms with Crippen LogP contribution in [0.5, 0.6) is 0 Å². The van der Waals surface area contributed by atoms with Gasteiger partial charge in [-0.05, 0) is 16.3 Å². The maximum Gasteiger partial charge on any atom is 0.304 e. The minimum atomic E-state index is -0.834. The van der Waals surface area contributed by atoms with Crippen molar-refractivity contribution in [3.05, 3.63) is 66.2 Å². The second kappa shape index (κ2) is 5.17. The number of aliphatic carboxylic acids is 1. The van der Waals surface area contributed by atoms with Crippen LogP contribution in [-0.4, -0.2) is 21.0 Å². The second-order valence-electron chi connectivity index (χ2n) is 4.73. The number of H-pyrrole nitrogens is 1. The van der Waals surface area contributed by atoms with Crippen molar-refractivity contribution in [2.45, 2.75) is 12.3 Å². The number of rotatable bonds is 4. The zero-order chi connectivity index (χ0) is 13.9. The van der Waals surface area contributed by atoms with Gasteiger partial charge in [0.2, 0.25) is 0 Å². The van der Waals surface area contributed by atoms with Crippen LogP contribution in [0, 0.1) is 0 Å². The monoisotopic (exact) mass is 266 g/mol. The molecule has 2 N–H and O–H groups in total. The van der Waals surface area contributed by atoms with E-state index in [1.807, 2.05) is 42.5 Å². The Labute approximate surface area is 116 Å². The summed E-state index contributed by atoms with van der Waals surface area (Å²) < 4.78 is 0. The number of aromatic amines is 1. The number of imidazole rings is 1. The molecule has 0 aliphatic rings. The van der Waals surface area contributed by atoms with Crippen LogP contribution in [0.2, 0.25) is 0 Å². The molecule has 3 aromatic rings. The highest BCUT2D eigenvalue weighted by molar-refractivity contribution is 5.83. The Bertz CT molecular complexity index is 735. The number of hydrogen-bond donors (Lipinski definition) is 2. The van der Waals surface area contributed by atoms with Crippen LogP contribution in [0.25, 0.3) is 10.8 Å². The lowest BCUT2D eigenvalue weighted by Gasteiger charge is -2.13. The van der Waals surface area contributed by atoms with Gasteiger partial charge in [-0.1, -0.05) is 42.5 Å². The summed E-state index contributed by atoms with van der Waals surface area (Å²) in [6, 6.07) is 14.1. The minimum absolute atomic E-state index is 0.0197. The largest absolute Gasteiger partial charge is 0.481 e. The molecule has 1 unspecified atom stereocenters. The fourth-order valence-corrected chi connectivity index (χ4v) is 2.44. The Hall–Kier alpha value is -2.62. The maximum absolute atomic E-state index is 11.1. The van der Waals surface area contributed by atoms with Gasteiger partial charge in [0.1, 0.15) is 5.82 Å². The van der Waals surface area contributed by atoms with Gasteiger partial charge < -0.3 is 10.1 Å². The molecule has 1 atom stereocenters. The third-order valence-corrected chi connectivity index (χ3v) is 3.40. The molecule has 0 bridgehead atoms. The molecule has 0 saturated carbocycles. The normalized spacial score (nSPS) is 12.4. The molecule has 2 aromatic carbocycles. The number of nitrogens with zero attached hydrogens (tertiary/aromatic N) is 1. The molecule has 20 heavy (non-hydrogen) atoms. The first kappa shape index (κ1) is 12.4. The van der Waals surface area contributed by atoms with E-state index in [0.29, 0.717) is 5.82 Å². The number of hydrogen-bond acceptors (Lipinski definition) is 2. The first-order valence-corrected chi connectivity index (χ1v) is 6.44. The van der Waals surface area contributed by atoms with Crippen molar-refractivity contribution in [2.24, 2.45) is 0 Å². The van der Waals surface area contributed by atoms with E-state index >= 15 is 0 Å². The van der Waals surface area contributed by atoms with Gasteiger partial charge in [-0.15, -0.1) is 0 Å². The standard InChI is InChI=1S/C16H14N2O2/c19-15(20)10-14(16-17-7-8-18-16)13-6-5-11-3-1-2-4-12(11)9-13/h1-9,14H,10H2,(H,17,18)(H,19,20). The van der Waals surface area contributed by atoms with Crippen molar-refractivity contribution in [2.75, 3.05) is 0 Å². The van der Waals surface area contributed by atoms with Crippen LogP contribution < -0.4 is 0 Å². The first-order valence-electron chi connectivity index (χ1n) is 6.44. The van der Waals surface area contributed by atoms with E-state index in [4.69, 9.17) is 5.11 Å². The predicted molar refractivity (Wildman–Crippen MR) is 76.6 cm³/mol. The van der Waals surface area contributed by atoms with Crippen LogP contribution in [0.1, 0.15) is 23.7 Å². The van der Waals surface area contributed by atoms with Gasteiger partial charge in [-0.3, -0.25) is 4.79 Å². The molecule has 0 amide bonds. The summed E-state index contributed by atoms with van der Waals surface area (Å²) in [5, 5.41) is 11.4. The van der Waals surface area contributed by atoms with Crippen LogP contribution in [-0.2, 0) is 4.79 Å². The quantitative estimate of drug-likeness (QED) is 0.762. The molecule has 0 aliphatic heterocycles. The Morgan fingerprint density at radius 2 is 2.00 bits per heavy atom. The maximum atomic E-state index is 11.1. The topological polar surface area (TPSA) is 66.0 Å². The summed E-state index contributed by atoms with van der Waals surface area (Å²) in [4.78, 5) is 18.3. The molecule has 0 aliphatic carbocycles. The Morgan fingerprint density at radius 1 is 1.20 bits per heavy atom. The van der Waals surface area contributed by atoms with Gasteiger partial charge in [0.05, 0.1) is 12.3 Å². The lowest BCUT2D eigenvalue weighted by atomic mass is 9.93. The van der Waals surface area contributed by atoms with E-state index in [9.17, 15) is 4.79 Å². The van der Waals surface area contributed by atoms with E-state index in [1.165, 1.54) is 0 Å². The molecule has 100 valence electrons. The molecule has 0 fully saturated rings. The molecule has 0 radical (unpaired) electrons. The summed E-state index contributed by atoms with van der Waals surface area (Å²) >= 11 is 0. The summed E-state index contributed by atoms with van der Waals surface area (Å²) in [6.45, 7) is 0. The van der Waals surface area contributed by atoms with Gasteiger partial charge in [-0.25, -0.2) is 4.98 Å². The average molecular weight is 266 g/mol. The van der Waals surface area contributed by atoms with Crippen molar-refractivity contribution in [3.8, 4) is 0 Å². The number of carboxylic acids is 1. The van der Waals surface area contributed by atoms with Crippen LogP contribution in [0.15, 0.2) is 54.9 Å². The highest BCUT2D eigenvalue weighted by Gasteiger charge is 2.20. The van der Waals surface area contributed by atoms with E-state index < -0.39 is 5.97 Å². The van der Waals surface area contributed by atoms with E-state index in [0.717, 1.165) is 16.3 Å². The number of nitrogens with one attached hydrogen (secondary N) is 1. The van der Waals surface area contributed by atoms with Crippen molar-refractivity contribution in [3.63, 3.8) is 0 Å². The number of carbonyl (C=O) groups is 1. The van der Waals surface area contributed by atoms with Gasteiger partial charge in [0.15, 0.2) is 0 Å². The number of benzene rings is 2. The van der Waals surface area contributed by atoms with Gasteiger partial charge in [0, 0.05) is 12.4 Å². The molecule has 3 rings (SSSR count). The molecular formula is C16H14N2O2. The molecule has 4 heteroatoms.